The van der Waals surface area contributed by atoms with Crippen LogP contribution in [0.2, 0.25) is 0 Å². The summed E-state index contributed by atoms with van der Waals surface area (Å²) in [6.45, 7) is 1.62. The van der Waals surface area contributed by atoms with E-state index in [1.54, 1.807) is 6.92 Å². The van der Waals surface area contributed by atoms with Crippen LogP contribution in [-0.4, -0.2) is 36.7 Å². The third kappa shape index (κ3) is 3.77. The molecule has 4 N–H and O–H groups in total. The van der Waals surface area contributed by atoms with Gasteiger partial charge in [-0.25, -0.2) is 0 Å². The monoisotopic (exact) mass is 175 g/mol. The summed E-state index contributed by atoms with van der Waals surface area (Å²) in [5.41, 5.74) is 5.11. The van der Waals surface area contributed by atoms with Crippen molar-refractivity contribution in [3.63, 3.8) is 0 Å². The van der Waals surface area contributed by atoms with Crippen molar-refractivity contribution in [2.24, 2.45) is 10.9 Å². The second kappa shape index (κ2) is 5.36. The molecule has 0 radical (unpaired) electrons. The third-order valence-corrected chi connectivity index (χ3v) is 1.29. The summed E-state index contributed by atoms with van der Waals surface area (Å²) >= 11 is 0. The van der Waals surface area contributed by atoms with E-state index in [0.29, 0.717) is 0 Å². The molecular formula is C6H13N3O3. The van der Waals surface area contributed by atoms with Gasteiger partial charge in [-0.15, -0.1) is 0 Å². The van der Waals surface area contributed by atoms with Gasteiger partial charge in [0.25, 0.3) is 0 Å². The molecule has 12 heavy (non-hydrogen) atoms. The molecule has 0 bridgehead atoms. The van der Waals surface area contributed by atoms with Crippen molar-refractivity contribution < 1.29 is 14.7 Å². The predicted octanol–water partition coefficient (Wildman–Crippen LogP) is -1.12. The van der Waals surface area contributed by atoms with Gasteiger partial charge in [-0.05, 0) is 6.92 Å². The quantitative estimate of drug-likeness (QED) is 0.218. The summed E-state index contributed by atoms with van der Waals surface area (Å²) in [7, 11) is 1.42. The van der Waals surface area contributed by atoms with E-state index in [4.69, 9.17) is 15.7 Å². The van der Waals surface area contributed by atoms with E-state index in [-0.39, 0.29) is 18.3 Å². The molecule has 0 aliphatic heterocycles. The zero-order chi connectivity index (χ0) is 9.56. The summed E-state index contributed by atoms with van der Waals surface area (Å²) in [5, 5.41) is 13.2. The van der Waals surface area contributed by atoms with Crippen LogP contribution in [-0.2, 0) is 9.53 Å². The molecule has 0 aliphatic rings. The molecule has 0 saturated carbocycles. The first-order chi connectivity index (χ1) is 5.61. The molecule has 0 aromatic carbocycles. The summed E-state index contributed by atoms with van der Waals surface area (Å²) in [5.74, 6) is -0.351. The number of methoxy groups -OCH3 is 1. The molecule has 1 atom stereocenters. The zero-order valence-corrected chi connectivity index (χ0v) is 7.07. The first-order valence-corrected chi connectivity index (χ1v) is 3.38. The van der Waals surface area contributed by atoms with E-state index in [0.717, 1.165) is 0 Å². The van der Waals surface area contributed by atoms with Crippen LogP contribution in [0.4, 0.5) is 0 Å². The lowest BCUT2D eigenvalue weighted by molar-refractivity contribution is -0.129. The van der Waals surface area contributed by atoms with Gasteiger partial charge in [-0.3, -0.25) is 4.79 Å². The van der Waals surface area contributed by atoms with E-state index >= 15 is 0 Å². The molecule has 70 valence electrons. The Morgan fingerprint density at radius 1 is 1.83 bits per heavy atom. The molecule has 0 spiro atoms. The van der Waals surface area contributed by atoms with Crippen molar-refractivity contribution in [1.29, 1.82) is 0 Å². The molecule has 0 aromatic rings. The number of oxime groups is 1. The Labute approximate surface area is 70.4 Å². The van der Waals surface area contributed by atoms with Gasteiger partial charge in [-0.1, -0.05) is 5.16 Å². The molecular weight excluding hydrogens is 162 g/mol. The summed E-state index contributed by atoms with van der Waals surface area (Å²) in [6, 6.07) is 0. The van der Waals surface area contributed by atoms with Gasteiger partial charge >= 0.3 is 0 Å². The van der Waals surface area contributed by atoms with Crippen LogP contribution in [0, 0.1) is 0 Å². The zero-order valence-electron chi connectivity index (χ0n) is 7.07. The highest BCUT2D eigenvalue weighted by atomic mass is 16.5. The van der Waals surface area contributed by atoms with Crippen LogP contribution in [0.15, 0.2) is 5.16 Å². The third-order valence-electron chi connectivity index (χ3n) is 1.29. The summed E-state index contributed by atoms with van der Waals surface area (Å²) in [6.07, 6.45) is -0.531. The van der Waals surface area contributed by atoms with Gasteiger partial charge in [0.05, 0.1) is 6.54 Å². The number of carbonyl (C=O) groups is 1. The van der Waals surface area contributed by atoms with Gasteiger partial charge in [0.15, 0.2) is 5.84 Å². The molecule has 0 fully saturated rings. The standard InChI is InChI=1S/C6H13N3O3/c1-4(12-2)6(10)8-3-5(7)9-11/h4,11H,3H2,1-2H3,(H2,7,9)(H,8,10). The molecule has 0 aromatic heterocycles. The minimum absolute atomic E-state index is 0.0169. The SMILES string of the molecule is COC(C)C(=O)NCC(N)=NO. The Hall–Kier alpha value is -1.30. The van der Waals surface area contributed by atoms with Gasteiger partial charge in [0.2, 0.25) is 5.91 Å². The predicted molar refractivity (Wildman–Crippen MR) is 42.9 cm³/mol. The number of amides is 1. The fourth-order valence-electron chi connectivity index (χ4n) is 0.464. The fraction of sp³-hybridized carbons (Fsp3) is 0.667. The average molecular weight is 175 g/mol. The minimum Gasteiger partial charge on any atom is -0.409 e. The molecule has 6 heteroatoms. The highest BCUT2D eigenvalue weighted by Crippen LogP contribution is 1.85. The maximum Gasteiger partial charge on any atom is 0.249 e. The highest BCUT2D eigenvalue weighted by Gasteiger charge is 2.10. The van der Waals surface area contributed by atoms with Crippen LogP contribution in [0.3, 0.4) is 0 Å². The van der Waals surface area contributed by atoms with E-state index < -0.39 is 6.10 Å². The number of carbonyl (C=O) groups excluding carboxylic acids is 1. The van der Waals surface area contributed by atoms with Gasteiger partial charge in [0, 0.05) is 7.11 Å². The molecule has 1 amide bonds. The molecule has 6 nitrogen and oxygen atoms in total. The molecule has 0 heterocycles. The van der Waals surface area contributed by atoms with Crippen LogP contribution >= 0.6 is 0 Å². The highest BCUT2D eigenvalue weighted by molar-refractivity contribution is 5.88. The van der Waals surface area contributed by atoms with Crippen LogP contribution < -0.4 is 11.1 Å². The van der Waals surface area contributed by atoms with Crippen LogP contribution in [0.5, 0.6) is 0 Å². The van der Waals surface area contributed by atoms with E-state index in [1.165, 1.54) is 7.11 Å². The maximum absolute atomic E-state index is 11.0. The van der Waals surface area contributed by atoms with Crippen LogP contribution in [0.25, 0.3) is 0 Å². The largest absolute Gasteiger partial charge is 0.409 e. The average Bonchev–Trinajstić information content (AvgIpc) is 2.11. The van der Waals surface area contributed by atoms with Gasteiger partial charge in [0.1, 0.15) is 6.10 Å². The first-order valence-electron chi connectivity index (χ1n) is 3.38. The van der Waals surface area contributed by atoms with Crippen molar-refractivity contribution in [3.8, 4) is 0 Å². The summed E-state index contributed by atoms with van der Waals surface area (Å²) < 4.78 is 4.72. The number of ether oxygens (including phenoxy) is 1. The van der Waals surface area contributed by atoms with E-state index in [2.05, 4.69) is 10.5 Å². The number of nitrogens with one attached hydrogen (secondary N) is 1. The Bertz CT molecular complexity index is 181. The number of hydrogen-bond acceptors (Lipinski definition) is 4. The number of hydrogen-bond donors (Lipinski definition) is 3. The topological polar surface area (TPSA) is 96.9 Å². The Morgan fingerprint density at radius 3 is 2.83 bits per heavy atom. The maximum atomic E-state index is 11.0. The number of amidine groups is 1. The summed E-state index contributed by atoms with van der Waals surface area (Å²) in [4.78, 5) is 11.0. The van der Waals surface area contributed by atoms with Crippen LogP contribution in [0.1, 0.15) is 6.92 Å². The number of nitrogens with zero attached hydrogens (tertiary/aromatic N) is 1. The van der Waals surface area contributed by atoms with Crippen molar-refractivity contribution in [3.05, 3.63) is 0 Å². The van der Waals surface area contributed by atoms with E-state index in [1.807, 2.05) is 0 Å². The molecule has 0 saturated heterocycles. The molecule has 0 aliphatic carbocycles. The van der Waals surface area contributed by atoms with E-state index in [9.17, 15) is 4.79 Å². The Balaban J connectivity index is 3.72. The lowest BCUT2D eigenvalue weighted by Crippen LogP contribution is -2.39. The minimum atomic E-state index is -0.531. The lowest BCUT2D eigenvalue weighted by Gasteiger charge is -2.08. The van der Waals surface area contributed by atoms with Crippen molar-refractivity contribution in [2.75, 3.05) is 13.7 Å². The van der Waals surface area contributed by atoms with Gasteiger partial charge < -0.3 is 21.0 Å². The normalized spacial score (nSPS) is 14.0. The second-order valence-electron chi connectivity index (χ2n) is 2.19. The molecule has 1 unspecified atom stereocenters. The lowest BCUT2D eigenvalue weighted by atomic mass is 10.4. The van der Waals surface area contributed by atoms with Crippen molar-refractivity contribution >= 4 is 11.7 Å². The smallest absolute Gasteiger partial charge is 0.249 e. The van der Waals surface area contributed by atoms with Crippen molar-refractivity contribution in [2.45, 2.75) is 13.0 Å². The Morgan fingerprint density at radius 2 is 2.42 bits per heavy atom. The first kappa shape index (κ1) is 10.7. The molecule has 0 rings (SSSR count). The Kier molecular flexibility index (Phi) is 4.78. The van der Waals surface area contributed by atoms with Gasteiger partial charge in [-0.2, -0.15) is 0 Å². The number of rotatable bonds is 4. The second-order valence-corrected chi connectivity index (χ2v) is 2.19. The number of nitrogens with two attached hydrogens (primary N) is 1. The van der Waals surface area contributed by atoms with Crippen molar-refractivity contribution in [1.82, 2.24) is 5.32 Å². The fourth-order valence-corrected chi connectivity index (χ4v) is 0.464.